The average Bonchev–Trinajstić information content (AvgIpc) is 3.46. The van der Waals surface area contributed by atoms with E-state index in [1.165, 1.54) is 0 Å². The molecule has 1 spiro atoms. The Kier molecular flexibility index (Phi) is 9.99. The van der Waals surface area contributed by atoms with Gasteiger partial charge in [0.15, 0.2) is 12.1 Å². The number of ether oxygens (including phenoxy) is 4. The van der Waals surface area contributed by atoms with Crippen LogP contribution in [0.25, 0.3) is 0 Å². The van der Waals surface area contributed by atoms with Crippen LogP contribution >= 0.6 is 0 Å². The normalized spacial score (nSPS) is 24.3. The topological polar surface area (TPSA) is 139 Å². The fourth-order valence-corrected chi connectivity index (χ4v) is 5.60. The summed E-state index contributed by atoms with van der Waals surface area (Å²) in [5.74, 6) is -1.15. The molecule has 2 aromatic carbocycles. The zero-order valence-corrected chi connectivity index (χ0v) is 23.1. The number of anilines is 1. The molecule has 11 heteroatoms. The first-order valence-corrected chi connectivity index (χ1v) is 14.3. The van der Waals surface area contributed by atoms with E-state index in [4.69, 9.17) is 24.2 Å². The molecule has 3 heterocycles. The fraction of sp³-hybridized carbons (Fsp3) is 0.533. The maximum atomic E-state index is 12.2. The van der Waals surface area contributed by atoms with E-state index < -0.39 is 18.0 Å². The van der Waals surface area contributed by atoms with Crippen LogP contribution in [0.1, 0.15) is 67.6 Å². The third-order valence-electron chi connectivity index (χ3n) is 7.91. The van der Waals surface area contributed by atoms with Gasteiger partial charge in [0.2, 0.25) is 11.8 Å². The van der Waals surface area contributed by atoms with Gasteiger partial charge in [0.05, 0.1) is 32.0 Å². The monoisotopic (exact) mass is 569 g/mol. The first-order valence-electron chi connectivity index (χ1n) is 14.3. The molecule has 0 bridgehead atoms. The highest BCUT2D eigenvalue weighted by Gasteiger charge is 2.41. The predicted molar refractivity (Wildman–Crippen MR) is 148 cm³/mol. The van der Waals surface area contributed by atoms with Crippen molar-refractivity contribution in [1.82, 2.24) is 10.4 Å². The number of hydroxylamine groups is 1. The second-order valence-corrected chi connectivity index (χ2v) is 10.8. The summed E-state index contributed by atoms with van der Waals surface area (Å²) in [5.41, 5.74) is 4.92. The number of piperidine rings is 1. The summed E-state index contributed by atoms with van der Waals surface area (Å²) < 4.78 is 24.7. The molecule has 11 nitrogen and oxygen atoms in total. The maximum Gasteiger partial charge on any atom is 0.243 e. The van der Waals surface area contributed by atoms with Crippen LogP contribution in [-0.4, -0.2) is 71.8 Å². The largest absolute Gasteiger partial charge is 0.392 e. The number of likely N-dealkylation sites (tertiary alicyclic amines) is 1. The molecule has 2 aromatic rings. The molecular weight excluding hydrogens is 530 g/mol. The van der Waals surface area contributed by atoms with Gasteiger partial charge in [0.1, 0.15) is 0 Å². The van der Waals surface area contributed by atoms with Crippen molar-refractivity contribution < 1.29 is 38.9 Å². The first-order chi connectivity index (χ1) is 19.9. The molecular formula is C30H39N3O8. The lowest BCUT2D eigenvalue weighted by Crippen LogP contribution is -2.48. The Morgan fingerprint density at radius 2 is 1.56 bits per heavy atom. The Morgan fingerprint density at radius 3 is 2.22 bits per heavy atom. The van der Waals surface area contributed by atoms with E-state index in [0.29, 0.717) is 31.7 Å². The van der Waals surface area contributed by atoms with E-state index in [9.17, 15) is 14.7 Å². The molecule has 2 amide bonds. The molecule has 0 radical (unpaired) electrons. The number of nitrogens with one attached hydrogen (secondary N) is 2. The molecule has 5 rings (SSSR count). The number of benzene rings is 2. The van der Waals surface area contributed by atoms with Crippen LogP contribution < -0.4 is 10.8 Å². The van der Waals surface area contributed by atoms with Crippen molar-refractivity contribution in [2.45, 2.75) is 69.4 Å². The van der Waals surface area contributed by atoms with E-state index in [1.807, 2.05) is 36.4 Å². The first kappa shape index (κ1) is 29.6. The quantitative estimate of drug-likeness (QED) is 0.251. The van der Waals surface area contributed by atoms with Gasteiger partial charge in [-0.25, -0.2) is 5.48 Å². The smallest absolute Gasteiger partial charge is 0.243 e. The Labute approximate surface area is 239 Å². The van der Waals surface area contributed by atoms with Crippen LogP contribution in [0.4, 0.5) is 5.69 Å². The number of nitrogens with zero attached hydrogens (tertiary/aromatic N) is 1. The highest BCUT2D eigenvalue weighted by molar-refractivity contribution is 5.91. The minimum absolute atomic E-state index is 0.00900. The van der Waals surface area contributed by atoms with Gasteiger partial charge >= 0.3 is 0 Å². The summed E-state index contributed by atoms with van der Waals surface area (Å²) in [6, 6.07) is 15.2. The van der Waals surface area contributed by atoms with E-state index in [-0.39, 0.29) is 37.6 Å². The van der Waals surface area contributed by atoms with Gasteiger partial charge < -0.3 is 34.3 Å². The summed E-state index contributed by atoms with van der Waals surface area (Å²) in [6.45, 7) is 3.83. The Balaban J connectivity index is 1.22. The minimum Gasteiger partial charge on any atom is -0.392 e. The molecule has 3 aliphatic rings. The summed E-state index contributed by atoms with van der Waals surface area (Å²) in [6.07, 6.45) is 2.12. The maximum absolute atomic E-state index is 12.2. The van der Waals surface area contributed by atoms with E-state index in [1.54, 1.807) is 17.6 Å². The molecule has 3 aliphatic heterocycles. The van der Waals surface area contributed by atoms with Crippen molar-refractivity contribution in [3.05, 3.63) is 65.2 Å². The molecule has 0 unspecified atom stereocenters. The molecule has 3 atom stereocenters. The molecule has 3 saturated heterocycles. The molecule has 0 saturated carbocycles. The van der Waals surface area contributed by atoms with Crippen molar-refractivity contribution in [2.75, 3.05) is 38.2 Å². The lowest BCUT2D eigenvalue weighted by Gasteiger charge is -2.41. The molecule has 41 heavy (non-hydrogen) atoms. The number of aliphatic hydroxyl groups excluding tert-OH is 1. The average molecular weight is 570 g/mol. The van der Waals surface area contributed by atoms with Crippen LogP contribution in [0.2, 0.25) is 0 Å². The van der Waals surface area contributed by atoms with Gasteiger partial charge in [-0.3, -0.25) is 14.8 Å². The minimum atomic E-state index is -0.587. The number of hydrogen-bond acceptors (Lipinski definition) is 9. The zero-order valence-electron chi connectivity index (χ0n) is 23.1. The van der Waals surface area contributed by atoms with E-state index in [2.05, 4.69) is 10.2 Å². The van der Waals surface area contributed by atoms with Gasteiger partial charge in [-0.1, -0.05) is 36.4 Å². The van der Waals surface area contributed by atoms with Gasteiger partial charge in [-0.15, -0.1) is 0 Å². The van der Waals surface area contributed by atoms with Crippen LogP contribution in [0.15, 0.2) is 48.5 Å². The molecule has 3 fully saturated rings. The number of carbonyl (C=O) groups is 2. The van der Waals surface area contributed by atoms with Crippen molar-refractivity contribution in [2.24, 2.45) is 0 Å². The molecule has 4 N–H and O–H groups in total. The van der Waals surface area contributed by atoms with Gasteiger partial charge in [0, 0.05) is 63.0 Å². The fourth-order valence-electron chi connectivity index (χ4n) is 5.60. The highest BCUT2D eigenvalue weighted by Crippen LogP contribution is 2.39. The van der Waals surface area contributed by atoms with Gasteiger partial charge in [0.25, 0.3) is 0 Å². The van der Waals surface area contributed by atoms with Crippen LogP contribution in [0, 0.1) is 0 Å². The van der Waals surface area contributed by atoms with Gasteiger partial charge in [-0.05, 0) is 29.7 Å². The van der Waals surface area contributed by atoms with E-state index >= 15 is 0 Å². The Morgan fingerprint density at radius 1 is 0.902 bits per heavy atom. The lowest BCUT2D eigenvalue weighted by molar-refractivity contribution is -0.255. The Hall–Kier alpha value is -2.90. The van der Waals surface area contributed by atoms with Crippen molar-refractivity contribution in [3.63, 3.8) is 0 Å². The molecule has 222 valence electrons. The van der Waals surface area contributed by atoms with Crippen molar-refractivity contribution >= 4 is 17.5 Å². The second kappa shape index (κ2) is 13.8. The third-order valence-corrected chi connectivity index (χ3v) is 7.91. The molecule has 0 aromatic heterocycles. The Bertz CT molecular complexity index is 1140. The predicted octanol–water partition coefficient (Wildman–Crippen LogP) is 3.18. The highest BCUT2D eigenvalue weighted by atomic mass is 16.7. The zero-order chi connectivity index (χ0) is 28.7. The summed E-state index contributed by atoms with van der Waals surface area (Å²) in [7, 11) is 0. The standard InChI is InChI=1S/C30H39N3O8/c34-20-21-4-6-22(7-5-21)26-18-25(19-33-14-12-30(13-15-33)38-16-17-39-30)40-29(41-26)23-8-10-24(11-9-23)31-27(35)2-1-3-28(36)32-37/h4-11,25-26,29,34,37H,1-3,12-20H2,(H,31,35)(H,32,36)/t25-,26+,29+/m1/s1. The van der Waals surface area contributed by atoms with E-state index in [0.717, 1.165) is 49.2 Å². The van der Waals surface area contributed by atoms with Crippen LogP contribution in [-0.2, 0) is 35.1 Å². The van der Waals surface area contributed by atoms with Crippen molar-refractivity contribution in [1.29, 1.82) is 0 Å². The van der Waals surface area contributed by atoms with Crippen molar-refractivity contribution in [3.8, 4) is 0 Å². The number of carbonyl (C=O) groups excluding carboxylic acids is 2. The van der Waals surface area contributed by atoms with Crippen LogP contribution in [0.3, 0.4) is 0 Å². The summed E-state index contributed by atoms with van der Waals surface area (Å²) in [5, 5.41) is 20.9. The lowest BCUT2D eigenvalue weighted by atomic mass is 9.98. The number of amides is 2. The summed E-state index contributed by atoms with van der Waals surface area (Å²) in [4.78, 5) is 25.8. The second-order valence-electron chi connectivity index (χ2n) is 10.8. The number of aliphatic hydroxyl groups is 1. The summed E-state index contributed by atoms with van der Waals surface area (Å²) >= 11 is 0. The van der Waals surface area contributed by atoms with Gasteiger partial charge in [-0.2, -0.15) is 0 Å². The molecule has 0 aliphatic carbocycles. The third kappa shape index (κ3) is 7.89. The SMILES string of the molecule is O=C(CCCC(=O)Nc1ccc([C@H]2O[C@@H](CN3CCC4(CC3)OCCO4)C[C@@H](c3ccc(CO)cc3)O2)cc1)NO. The van der Waals surface area contributed by atoms with Crippen LogP contribution in [0.5, 0.6) is 0 Å². The number of hydrogen-bond donors (Lipinski definition) is 4. The number of rotatable bonds is 10.